The van der Waals surface area contributed by atoms with Crippen LogP contribution in [-0.4, -0.2) is 11.3 Å². The molecule has 0 amide bonds. The Labute approximate surface area is 112 Å². The third-order valence-electron chi connectivity index (χ3n) is 3.52. The SMILES string of the molecule is Cc1ccc(-c2ccnc3c2C=C(CC=O)C3)cc1. The van der Waals surface area contributed by atoms with Crippen molar-refractivity contribution in [3.05, 3.63) is 58.9 Å². The summed E-state index contributed by atoms with van der Waals surface area (Å²) in [5.74, 6) is 0. The van der Waals surface area contributed by atoms with Crippen LogP contribution in [0.15, 0.2) is 42.1 Å². The van der Waals surface area contributed by atoms with Crippen molar-refractivity contribution in [2.75, 3.05) is 0 Å². The van der Waals surface area contributed by atoms with Gasteiger partial charge < -0.3 is 4.79 Å². The van der Waals surface area contributed by atoms with Gasteiger partial charge in [0.25, 0.3) is 0 Å². The van der Waals surface area contributed by atoms with Gasteiger partial charge in [-0.05, 0) is 24.1 Å². The van der Waals surface area contributed by atoms with Crippen molar-refractivity contribution in [1.82, 2.24) is 4.98 Å². The molecular formula is C17H15NO. The summed E-state index contributed by atoms with van der Waals surface area (Å²) in [6.07, 6.45) is 6.23. The fourth-order valence-corrected chi connectivity index (χ4v) is 2.51. The summed E-state index contributed by atoms with van der Waals surface area (Å²) in [6, 6.07) is 10.6. The van der Waals surface area contributed by atoms with Gasteiger partial charge in [0.15, 0.2) is 0 Å². The van der Waals surface area contributed by atoms with Crippen LogP contribution in [-0.2, 0) is 11.2 Å². The van der Waals surface area contributed by atoms with Crippen LogP contribution < -0.4 is 0 Å². The monoisotopic (exact) mass is 249 g/mol. The van der Waals surface area contributed by atoms with Crippen LogP contribution in [0.1, 0.15) is 23.2 Å². The molecule has 1 heterocycles. The Morgan fingerprint density at radius 1 is 1.21 bits per heavy atom. The molecule has 0 bridgehead atoms. The molecule has 2 aromatic rings. The number of rotatable bonds is 3. The molecule has 1 aromatic carbocycles. The summed E-state index contributed by atoms with van der Waals surface area (Å²) in [4.78, 5) is 15.1. The third kappa shape index (κ3) is 2.22. The Morgan fingerprint density at radius 2 is 2.00 bits per heavy atom. The highest BCUT2D eigenvalue weighted by Crippen LogP contribution is 2.33. The van der Waals surface area contributed by atoms with E-state index in [1.54, 1.807) is 0 Å². The molecule has 0 spiro atoms. The lowest BCUT2D eigenvalue weighted by Gasteiger charge is -2.07. The highest BCUT2D eigenvalue weighted by molar-refractivity contribution is 5.80. The number of hydrogen-bond donors (Lipinski definition) is 0. The Balaban J connectivity index is 2.07. The second-order valence-corrected chi connectivity index (χ2v) is 4.94. The molecule has 0 radical (unpaired) electrons. The largest absolute Gasteiger partial charge is 0.303 e. The summed E-state index contributed by atoms with van der Waals surface area (Å²) < 4.78 is 0. The highest BCUT2D eigenvalue weighted by atomic mass is 16.1. The van der Waals surface area contributed by atoms with E-state index in [4.69, 9.17) is 0 Å². The zero-order chi connectivity index (χ0) is 13.2. The van der Waals surface area contributed by atoms with Gasteiger partial charge in [0.05, 0.1) is 5.69 Å². The molecule has 0 saturated heterocycles. The van der Waals surface area contributed by atoms with Crippen LogP contribution in [0.5, 0.6) is 0 Å². The second-order valence-electron chi connectivity index (χ2n) is 4.94. The van der Waals surface area contributed by atoms with Crippen molar-refractivity contribution >= 4 is 12.4 Å². The molecule has 0 fully saturated rings. The van der Waals surface area contributed by atoms with Crippen molar-refractivity contribution in [3.8, 4) is 11.1 Å². The van der Waals surface area contributed by atoms with Crippen molar-refractivity contribution in [3.63, 3.8) is 0 Å². The molecule has 1 aliphatic carbocycles. The summed E-state index contributed by atoms with van der Waals surface area (Å²) in [5.41, 5.74) is 7.06. The van der Waals surface area contributed by atoms with Gasteiger partial charge in [0, 0.05) is 24.6 Å². The number of pyridine rings is 1. The lowest BCUT2D eigenvalue weighted by molar-refractivity contribution is -0.107. The number of carbonyl (C=O) groups is 1. The molecule has 94 valence electrons. The highest BCUT2D eigenvalue weighted by Gasteiger charge is 2.17. The topological polar surface area (TPSA) is 30.0 Å². The van der Waals surface area contributed by atoms with Crippen LogP contribution in [0.4, 0.5) is 0 Å². The van der Waals surface area contributed by atoms with Crippen molar-refractivity contribution in [1.29, 1.82) is 0 Å². The fourth-order valence-electron chi connectivity index (χ4n) is 2.51. The molecule has 2 heteroatoms. The molecule has 0 unspecified atom stereocenters. The quantitative estimate of drug-likeness (QED) is 0.778. The number of aromatic nitrogens is 1. The van der Waals surface area contributed by atoms with Gasteiger partial charge in [-0.15, -0.1) is 0 Å². The molecule has 19 heavy (non-hydrogen) atoms. The standard InChI is InChI=1S/C17H15NO/c1-12-2-4-14(5-3-12)15-6-8-18-17-11-13(7-9-19)10-16(15)17/h2-6,8-10H,7,11H2,1H3. The van der Waals surface area contributed by atoms with E-state index in [0.29, 0.717) is 6.42 Å². The van der Waals surface area contributed by atoms with E-state index in [2.05, 4.69) is 42.2 Å². The minimum Gasteiger partial charge on any atom is -0.303 e. The first-order valence-electron chi connectivity index (χ1n) is 6.46. The van der Waals surface area contributed by atoms with Crippen LogP contribution in [0.3, 0.4) is 0 Å². The molecule has 0 saturated carbocycles. The van der Waals surface area contributed by atoms with Crippen LogP contribution in [0, 0.1) is 6.92 Å². The van der Waals surface area contributed by atoms with Gasteiger partial charge in [0.1, 0.15) is 6.29 Å². The normalized spacial score (nSPS) is 13.0. The Morgan fingerprint density at radius 3 is 2.74 bits per heavy atom. The Hall–Kier alpha value is -2.22. The predicted octanol–water partition coefficient (Wildman–Crippen LogP) is 3.59. The number of nitrogens with zero attached hydrogens (tertiary/aromatic N) is 1. The predicted molar refractivity (Wildman–Crippen MR) is 76.8 cm³/mol. The first-order chi connectivity index (χ1) is 9.28. The number of aryl methyl sites for hydroxylation is 1. The Kier molecular flexibility index (Phi) is 3.00. The number of carbonyl (C=O) groups excluding carboxylic acids is 1. The van der Waals surface area contributed by atoms with E-state index in [9.17, 15) is 4.79 Å². The lowest BCUT2D eigenvalue weighted by atomic mass is 10.00. The molecule has 0 atom stereocenters. The number of allylic oxidation sites excluding steroid dienone is 1. The van der Waals surface area contributed by atoms with Crippen molar-refractivity contribution in [2.45, 2.75) is 19.8 Å². The van der Waals surface area contributed by atoms with E-state index >= 15 is 0 Å². The Bertz CT molecular complexity index is 653. The fraction of sp³-hybridized carbons (Fsp3) is 0.176. The number of fused-ring (bicyclic) bond motifs is 1. The zero-order valence-electron chi connectivity index (χ0n) is 10.9. The molecule has 0 aliphatic heterocycles. The number of benzene rings is 1. The second kappa shape index (κ2) is 4.81. The number of hydrogen-bond acceptors (Lipinski definition) is 2. The van der Waals surface area contributed by atoms with Crippen LogP contribution >= 0.6 is 0 Å². The maximum absolute atomic E-state index is 10.6. The van der Waals surface area contributed by atoms with Gasteiger partial charge >= 0.3 is 0 Å². The summed E-state index contributed by atoms with van der Waals surface area (Å²) in [5, 5.41) is 0. The van der Waals surface area contributed by atoms with Gasteiger partial charge in [0.2, 0.25) is 0 Å². The average molecular weight is 249 g/mol. The van der Waals surface area contributed by atoms with E-state index in [1.165, 1.54) is 22.3 Å². The molecule has 0 N–H and O–H groups in total. The minimum absolute atomic E-state index is 0.504. The first kappa shape index (κ1) is 11.8. The minimum atomic E-state index is 0.504. The maximum atomic E-state index is 10.6. The van der Waals surface area contributed by atoms with Gasteiger partial charge in [-0.3, -0.25) is 4.98 Å². The summed E-state index contributed by atoms with van der Waals surface area (Å²) >= 11 is 0. The maximum Gasteiger partial charge on any atom is 0.124 e. The van der Waals surface area contributed by atoms with Crippen molar-refractivity contribution in [2.24, 2.45) is 0 Å². The average Bonchev–Trinajstić information content (AvgIpc) is 2.82. The summed E-state index contributed by atoms with van der Waals surface area (Å²) in [6.45, 7) is 2.09. The number of aldehydes is 1. The van der Waals surface area contributed by atoms with E-state index in [-0.39, 0.29) is 0 Å². The molecular weight excluding hydrogens is 234 g/mol. The van der Waals surface area contributed by atoms with Crippen molar-refractivity contribution < 1.29 is 4.79 Å². The smallest absolute Gasteiger partial charge is 0.124 e. The molecule has 3 rings (SSSR count). The van der Waals surface area contributed by atoms with Crippen LogP contribution in [0.2, 0.25) is 0 Å². The van der Waals surface area contributed by atoms with E-state index < -0.39 is 0 Å². The first-order valence-corrected chi connectivity index (χ1v) is 6.46. The van der Waals surface area contributed by atoms with E-state index in [0.717, 1.165) is 24.0 Å². The molecule has 1 aliphatic rings. The van der Waals surface area contributed by atoms with E-state index in [1.807, 2.05) is 12.3 Å². The summed E-state index contributed by atoms with van der Waals surface area (Å²) in [7, 11) is 0. The zero-order valence-corrected chi connectivity index (χ0v) is 10.9. The third-order valence-corrected chi connectivity index (χ3v) is 3.52. The van der Waals surface area contributed by atoms with Gasteiger partial charge in [-0.2, -0.15) is 0 Å². The van der Waals surface area contributed by atoms with Gasteiger partial charge in [-0.1, -0.05) is 41.5 Å². The molecule has 2 nitrogen and oxygen atoms in total. The lowest BCUT2D eigenvalue weighted by Crippen LogP contribution is -1.92. The van der Waals surface area contributed by atoms with Crippen LogP contribution in [0.25, 0.3) is 17.2 Å². The van der Waals surface area contributed by atoms with Gasteiger partial charge in [-0.25, -0.2) is 0 Å². The molecule has 1 aromatic heterocycles.